The van der Waals surface area contributed by atoms with E-state index in [1.165, 1.54) is 5.56 Å². The van der Waals surface area contributed by atoms with Crippen LogP contribution in [0, 0.1) is 0 Å². The van der Waals surface area contributed by atoms with E-state index in [0.717, 1.165) is 24.5 Å². The molecule has 0 fully saturated rings. The quantitative estimate of drug-likeness (QED) is 0.738. The Morgan fingerprint density at radius 3 is 2.86 bits per heavy atom. The number of anilines is 1. The summed E-state index contributed by atoms with van der Waals surface area (Å²) in [5.41, 5.74) is 11.5. The molecule has 3 N–H and O–H groups in total. The van der Waals surface area contributed by atoms with Gasteiger partial charge in [-0.1, -0.05) is 25.1 Å². The van der Waals surface area contributed by atoms with E-state index < -0.39 is 0 Å². The van der Waals surface area contributed by atoms with Crippen LogP contribution in [-0.2, 0) is 6.42 Å². The van der Waals surface area contributed by atoms with Crippen LogP contribution < -0.4 is 16.2 Å². The first kappa shape index (κ1) is 9.09. The highest BCUT2D eigenvalue weighted by Crippen LogP contribution is 2.22. The molecule has 1 aromatic rings. The lowest BCUT2D eigenvalue weighted by Gasteiger charge is -2.22. The van der Waals surface area contributed by atoms with Gasteiger partial charge in [-0.15, -0.1) is 0 Å². The van der Waals surface area contributed by atoms with E-state index in [1.54, 1.807) is 0 Å². The fourth-order valence-electron chi connectivity index (χ4n) is 1.68. The van der Waals surface area contributed by atoms with Gasteiger partial charge in [-0.3, -0.25) is 5.01 Å². The second-order valence-corrected chi connectivity index (χ2v) is 3.31. The van der Waals surface area contributed by atoms with E-state index in [0.29, 0.717) is 0 Å². The molecule has 1 aliphatic heterocycles. The second kappa shape index (κ2) is 3.72. The zero-order chi connectivity index (χ0) is 9.97. The molecule has 0 bridgehead atoms. The Morgan fingerprint density at radius 1 is 1.43 bits per heavy atom. The van der Waals surface area contributed by atoms with Crippen LogP contribution in [0.3, 0.4) is 0 Å². The van der Waals surface area contributed by atoms with Gasteiger partial charge >= 0.3 is 0 Å². The fraction of sp³-hybridized carbons (Fsp3) is 0.273. The minimum atomic E-state index is 0.783. The maximum Gasteiger partial charge on any atom is 0.115 e. The molecule has 74 valence electrons. The van der Waals surface area contributed by atoms with Crippen LogP contribution in [0.2, 0.25) is 0 Å². The van der Waals surface area contributed by atoms with Gasteiger partial charge < -0.3 is 5.73 Å². The van der Waals surface area contributed by atoms with Crippen molar-refractivity contribution in [3.63, 3.8) is 0 Å². The van der Waals surface area contributed by atoms with E-state index in [1.807, 2.05) is 17.2 Å². The van der Waals surface area contributed by atoms with Gasteiger partial charge in [0.15, 0.2) is 0 Å². The van der Waals surface area contributed by atoms with Gasteiger partial charge in [-0.2, -0.15) is 0 Å². The molecular weight excluding hydrogens is 174 g/mol. The molecule has 1 aromatic carbocycles. The van der Waals surface area contributed by atoms with Crippen molar-refractivity contribution in [2.45, 2.75) is 13.3 Å². The number of nitrogens with two attached hydrogens (primary N) is 1. The number of hydrazine groups is 1. The number of rotatable bonds is 2. The average Bonchev–Trinajstić information content (AvgIpc) is 2.64. The van der Waals surface area contributed by atoms with E-state index in [4.69, 9.17) is 5.73 Å². The molecule has 0 saturated carbocycles. The van der Waals surface area contributed by atoms with Crippen LogP contribution in [0.25, 0.3) is 0 Å². The molecule has 0 radical (unpaired) electrons. The van der Waals surface area contributed by atoms with Crippen LogP contribution in [0.4, 0.5) is 5.69 Å². The third-order valence-electron chi connectivity index (χ3n) is 2.43. The van der Waals surface area contributed by atoms with Crippen molar-refractivity contribution in [3.8, 4) is 0 Å². The molecule has 0 saturated heterocycles. The summed E-state index contributed by atoms with van der Waals surface area (Å²) in [7, 11) is 0. The Kier molecular flexibility index (Phi) is 2.41. The van der Waals surface area contributed by atoms with E-state index >= 15 is 0 Å². The van der Waals surface area contributed by atoms with Crippen LogP contribution in [0.5, 0.6) is 0 Å². The van der Waals surface area contributed by atoms with Crippen molar-refractivity contribution in [2.75, 3.05) is 11.6 Å². The summed E-state index contributed by atoms with van der Waals surface area (Å²) < 4.78 is 0. The highest BCUT2D eigenvalue weighted by Gasteiger charge is 2.15. The van der Waals surface area contributed by atoms with Crippen molar-refractivity contribution in [3.05, 3.63) is 41.7 Å². The molecule has 0 aliphatic carbocycles. The number of nitrogens with one attached hydrogen (secondary N) is 1. The zero-order valence-corrected chi connectivity index (χ0v) is 8.33. The Morgan fingerprint density at radius 2 is 2.21 bits per heavy atom. The highest BCUT2D eigenvalue weighted by molar-refractivity contribution is 5.57. The third-order valence-corrected chi connectivity index (χ3v) is 2.43. The van der Waals surface area contributed by atoms with Crippen molar-refractivity contribution in [1.29, 1.82) is 0 Å². The molecule has 2 rings (SSSR count). The van der Waals surface area contributed by atoms with Crippen molar-refractivity contribution < 1.29 is 0 Å². The molecular formula is C11H15N3. The lowest BCUT2D eigenvalue weighted by molar-refractivity contribution is 0.781. The Balaban J connectivity index is 2.36. The summed E-state index contributed by atoms with van der Waals surface area (Å²) >= 11 is 0. The summed E-state index contributed by atoms with van der Waals surface area (Å²) in [6.45, 7) is 2.96. The summed E-state index contributed by atoms with van der Waals surface area (Å²) in [4.78, 5) is 0. The minimum Gasteiger partial charge on any atom is -0.384 e. The van der Waals surface area contributed by atoms with E-state index in [2.05, 4.69) is 30.5 Å². The molecule has 0 amide bonds. The average molecular weight is 189 g/mol. The molecule has 14 heavy (non-hydrogen) atoms. The number of aryl methyl sites for hydroxylation is 1. The minimum absolute atomic E-state index is 0.783. The molecule has 1 heterocycles. The maximum atomic E-state index is 5.86. The fourth-order valence-corrected chi connectivity index (χ4v) is 1.68. The SMILES string of the molecule is CCc1ccccc1N1NCC=C1N. The Bertz CT molecular complexity index is 357. The monoisotopic (exact) mass is 189 g/mol. The maximum absolute atomic E-state index is 5.86. The standard InChI is InChI=1S/C11H15N3/c1-2-9-5-3-4-6-10(9)14-11(12)7-8-13-14/h3-7,13H,2,8,12H2,1H3. The molecule has 0 unspecified atom stereocenters. The Labute approximate surface area is 84.2 Å². The van der Waals surface area contributed by atoms with Crippen LogP contribution in [-0.4, -0.2) is 6.54 Å². The normalized spacial score (nSPS) is 15.8. The smallest absolute Gasteiger partial charge is 0.115 e. The summed E-state index contributed by atoms with van der Waals surface area (Å²) in [5.74, 6) is 0.783. The van der Waals surface area contributed by atoms with Gasteiger partial charge in [-0.25, -0.2) is 5.43 Å². The lowest BCUT2D eigenvalue weighted by atomic mass is 10.1. The summed E-state index contributed by atoms with van der Waals surface area (Å²) in [6.07, 6.45) is 2.99. The third kappa shape index (κ3) is 1.46. The van der Waals surface area contributed by atoms with Gasteiger partial charge in [0.05, 0.1) is 5.69 Å². The van der Waals surface area contributed by atoms with E-state index in [9.17, 15) is 0 Å². The van der Waals surface area contributed by atoms with Gasteiger partial charge in [0.2, 0.25) is 0 Å². The summed E-state index contributed by atoms with van der Waals surface area (Å²) in [6, 6.07) is 8.29. The molecule has 0 aromatic heterocycles. The first-order valence-electron chi connectivity index (χ1n) is 4.90. The number of para-hydroxylation sites is 1. The largest absolute Gasteiger partial charge is 0.384 e. The van der Waals surface area contributed by atoms with E-state index in [-0.39, 0.29) is 0 Å². The van der Waals surface area contributed by atoms with Crippen molar-refractivity contribution >= 4 is 5.69 Å². The van der Waals surface area contributed by atoms with Crippen molar-refractivity contribution in [1.82, 2.24) is 5.43 Å². The van der Waals surface area contributed by atoms with Crippen LogP contribution in [0.1, 0.15) is 12.5 Å². The first-order chi connectivity index (χ1) is 6.83. The zero-order valence-electron chi connectivity index (χ0n) is 8.33. The molecule has 0 atom stereocenters. The second-order valence-electron chi connectivity index (χ2n) is 3.31. The number of benzene rings is 1. The van der Waals surface area contributed by atoms with Gasteiger partial charge in [-0.05, 0) is 24.1 Å². The predicted octanol–water partition coefficient (Wildman–Crippen LogP) is 1.37. The topological polar surface area (TPSA) is 41.3 Å². The molecule has 0 spiro atoms. The summed E-state index contributed by atoms with van der Waals surface area (Å²) in [5, 5.41) is 1.94. The Hall–Kier alpha value is -1.48. The number of hydrogen-bond donors (Lipinski definition) is 2. The number of hydrogen-bond acceptors (Lipinski definition) is 3. The van der Waals surface area contributed by atoms with Crippen LogP contribution in [0.15, 0.2) is 36.2 Å². The number of nitrogens with zero attached hydrogens (tertiary/aromatic N) is 1. The van der Waals surface area contributed by atoms with Gasteiger partial charge in [0.1, 0.15) is 5.82 Å². The molecule has 3 heteroatoms. The van der Waals surface area contributed by atoms with Crippen molar-refractivity contribution in [2.24, 2.45) is 5.73 Å². The van der Waals surface area contributed by atoms with Gasteiger partial charge in [0, 0.05) is 6.54 Å². The highest BCUT2D eigenvalue weighted by atomic mass is 15.5. The first-order valence-corrected chi connectivity index (χ1v) is 4.90. The predicted molar refractivity (Wildman–Crippen MR) is 58.6 cm³/mol. The molecule has 1 aliphatic rings. The molecule has 3 nitrogen and oxygen atoms in total. The van der Waals surface area contributed by atoms with Crippen LogP contribution >= 0.6 is 0 Å². The lowest BCUT2D eigenvalue weighted by Crippen LogP contribution is -2.35. The van der Waals surface area contributed by atoms with Gasteiger partial charge in [0.25, 0.3) is 0 Å².